The molecule has 0 aliphatic rings. The molecule has 1 amide bonds. The summed E-state index contributed by atoms with van der Waals surface area (Å²) in [4.78, 5) is 24.2. The highest BCUT2D eigenvalue weighted by Gasteiger charge is 2.20. The second-order valence-electron chi connectivity index (χ2n) is 6.53. The molecular weight excluding hydrogens is 363 g/mol. The Morgan fingerprint density at radius 3 is 2.29 bits per heavy atom. The van der Waals surface area contributed by atoms with Crippen LogP contribution in [0.15, 0.2) is 48.5 Å². The number of aliphatic carboxylic acids is 1. The molecule has 0 radical (unpaired) electrons. The number of benzene rings is 2. The number of carbonyl (C=O) groups excluding carboxylic acids is 1. The summed E-state index contributed by atoms with van der Waals surface area (Å²) in [6, 6.07) is 12.8. The molecule has 0 saturated carbocycles. The number of nitrogens with zero attached hydrogens (tertiary/aromatic N) is 1. The van der Waals surface area contributed by atoms with Gasteiger partial charge < -0.3 is 15.2 Å². The molecule has 0 aliphatic heterocycles. The van der Waals surface area contributed by atoms with Gasteiger partial charge >= 0.3 is 5.97 Å². The fourth-order valence-electron chi connectivity index (χ4n) is 2.61. The van der Waals surface area contributed by atoms with E-state index in [0.29, 0.717) is 32.0 Å². The van der Waals surface area contributed by atoms with E-state index < -0.39 is 12.0 Å². The lowest BCUT2D eigenvalue weighted by Crippen LogP contribution is -2.42. The summed E-state index contributed by atoms with van der Waals surface area (Å²) >= 11 is 0. The molecule has 28 heavy (non-hydrogen) atoms. The number of amides is 1. The Balaban J connectivity index is 1.94. The quantitative estimate of drug-likeness (QED) is 0.654. The Morgan fingerprint density at radius 1 is 1.11 bits per heavy atom. The average Bonchev–Trinajstić information content (AvgIpc) is 2.67. The number of carbonyl (C=O) groups is 2. The Labute approximate surface area is 163 Å². The largest absolute Gasteiger partial charge is 0.489 e. The van der Waals surface area contributed by atoms with E-state index >= 15 is 0 Å². The molecule has 7 heteroatoms. The molecule has 150 valence electrons. The third-order valence-electron chi connectivity index (χ3n) is 4.31. The maximum absolute atomic E-state index is 12.9. The average molecular weight is 388 g/mol. The van der Waals surface area contributed by atoms with Crippen molar-refractivity contribution in [2.75, 3.05) is 13.1 Å². The Bertz CT molecular complexity index is 778. The predicted molar refractivity (Wildman–Crippen MR) is 103 cm³/mol. The van der Waals surface area contributed by atoms with Crippen molar-refractivity contribution in [1.29, 1.82) is 0 Å². The molecule has 1 atom stereocenters. The zero-order chi connectivity index (χ0) is 20.5. The Hall–Kier alpha value is -2.93. The first-order valence-corrected chi connectivity index (χ1v) is 9.02. The van der Waals surface area contributed by atoms with Crippen LogP contribution in [0.3, 0.4) is 0 Å². The summed E-state index contributed by atoms with van der Waals surface area (Å²) in [5.41, 5.74) is 1.80. The van der Waals surface area contributed by atoms with Crippen molar-refractivity contribution < 1.29 is 23.8 Å². The van der Waals surface area contributed by atoms with Crippen LogP contribution in [0.5, 0.6) is 5.75 Å². The molecule has 0 spiro atoms. The van der Waals surface area contributed by atoms with E-state index in [1.165, 1.54) is 19.1 Å². The van der Waals surface area contributed by atoms with Crippen LogP contribution in [0.2, 0.25) is 0 Å². The van der Waals surface area contributed by atoms with Gasteiger partial charge in [-0.25, -0.2) is 4.39 Å². The van der Waals surface area contributed by atoms with E-state index in [4.69, 9.17) is 4.74 Å². The topological polar surface area (TPSA) is 78.9 Å². The summed E-state index contributed by atoms with van der Waals surface area (Å²) in [6.07, 6.45) is 0. The van der Waals surface area contributed by atoms with Gasteiger partial charge in [-0.2, -0.15) is 0 Å². The number of hydrogen-bond donors (Lipinski definition) is 2. The van der Waals surface area contributed by atoms with E-state index in [9.17, 15) is 19.1 Å². The zero-order valence-corrected chi connectivity index (χ0v) is 16.0. The SMILES string of the molecule is CC(=O)NCCN(Cc1ccc(OCc2ccc(F)cc2)cc1)C(C)C(=O)O. The second-order valence-corrected chi connectivity index (χ2v) is 6.53. The minimum Gasteiger partial charge on any atom is -0.489 e. The lowest BCUT2D eigenvalue weighted by atomic mass is 10.1. The number of carboxylic acid groups (broad SMARTS) is 1. The molecule has 0 heterocycles. The van der Waals surface area contributed by atoms with Crippen molar-refractivity contribution in [2.24, 2.45) is 0 Å². The molecule has 2 aromatic rings. The predicted octanol–water partition coefficient (Wildman–Crippen LogP) is 2.82. The van der Waals surface area contributed by atoms with Crippen LogP contribution < -0.4 is 10.1 Å². The fourth-order valence-corrected chi connectivity index (χ4v) is 2.61. The summed E-state index contributed by atoms with van der Waals surface area (Å²) < 4.78 is 18.6. The number of carboxylic acids is 1. The highest BCUT2D eigenvalue weighted by atomic mass is 19.1. The molecular formula is C21H25FN2O4. The number of rotatable bonds is 10. The maximum atomic E-state index is 12.9. The minimum absolute atomic E-state index is 0.148. The van der Waals surface area contributed by atoms with Crippen molar-refractivity contribution in [3.63, 3.8) is 0 Å². The van der Waals surface area contributed by atoms with Crippen LogP contribution >= 0.6 is 0 Å². The number of hydrogen-bond acceptors (Lipinski definition) is 4. The number of ether oxygens (including phenoxy) is 1. The van der Waals surface area contributed by atoms with Crippen LogP contribution in [0.1, 0.15) is 25.0 Å². The molecule has 0 aliphatic carbocycles. The molecule has 6 nitrogen and oxygen atoms in total. The van der Waals surface area contributed by atoms with Gasteiger partial charge in [-0.3, -0.25) is 14.5 Å². The summed E-state index contributed by atoms with van der Waals surface area (Å²) in [6.45, 7) is 4.62. The highest BCUT2D eigenvalue weighted by molar-refractivity contribution is 5.73. The molecule has 2 N–H and O–H groups in total. The molecule has 0 aromatic heterocycles. The first kappa shape index (κ1) is 21.4. The van der Waals surface area contributed by atoms with Crippen molar-refractivity contribution in [2.45, 2.75) is 33.0 Å². The number of halogens is 1. The van der Waals surface area contributed by atoms with E-state index in [2.05, 4.69) is 5.32 Å². The van der Waals surface area contributed by atoms with E-state index in [1.54, 1.807) is 24.0 Å². The standard InChI is InChI=1S/C21H25FN2O4/c1-15(21(26)27)24(12-11-23-16(2)25)13-17-5-9-20(10-6-17)28-14-18-3-7-19(22)8-4-18/h3-10,15H,11-14H2,1-2H3,(H,23,25)(H,26,27). The van der Waals surface area contributed by atoms with E-state index in [1.807, 2.05) is 24.3 Å². The Morgan fingerprint density at radius 2 is 1.71 bits per heavy atom. The Kier molecular flexibility index (Phi) is 7.95. The van der Waals surface area contributed by atoms with Crippen molar-refractivity contribution in [1.82, 2.24) is 10.2 Å². The minimum atomic E-state index is -0.915. The van der Waals surface area contributed by atoms with Crippen LogP contribution in [0.25, 0.3) is 0 Å². The van der Waals surface area contributed by atoms with Gasteiger partial charge in [-0.15, -0.1) is 0 Å². The molecule has 0 saturated heterocycles. The normalized spacial score (nSPS) is 11.9. The summed E-state index contributed by atoms with van der Waals surface area (Å²) in [5.74, 6) is -0.677. The monoisotopic (exact) mass is 388 g/mol. The third-order valence-corrected chi connectivity index (χ3v) is 4.31. The highest BCUT2D eigenvalue weighted by Crippen LogP contribution is 2.16. The smallest absolute Gasteiger partial charge is 0.320 e. The van der Waals surface area contributed by atoms with Gasteiger partial charge in [0.05, 0.1) is 0 Å². The van der Waals surface area contributed by atoms with Crippen LogP contribution in [0.4, 0.5) is 4.39 Å². The van der Waals surface area contributed by atoms with Gasteiger partial charge in [-0.1, -0.05) is 24.3 Å². The van der Waals surface area contributed by atoms with Crippen molar-refractivity contribution in [3.8, 4) is 5.75 Å². The fraction of sp³-hybridized carbons (Fsp3) is 0.333. The van der Waals surface area contributed by atoms with Crippen LogP contribution in [-0.2, 0) is 22.7 Å². The third kappa shape index (κ3) is 7.00. The second kappa shape index (κ2) is 10.4. The lowest BCUT2D eigenvalue weighted by molar-refractivity contribution is -0.142. The molecule has 2 aromatic carbocycles. The molecule has 0 fully saturated rings. The van der Waals surface area contributed by atoms with Crippen molar-refractivity contribution in [3.05, 3.63) is 65.5 Å². The first-order valence-electron chi connectivity index (χ1n) is 9.02. The van der Waals surface area contributed by atoms with Gasteiger partial charge in [0.15, 0.2) is 0 Å². The molecule has 2 rings (SSSR count). The summed E-state index contributed by atoms with van der Waals surface area (Å²) in [5, 5.41) is 12.0. The van der Waals surface area contributed by atoms with Gasteiger partial charge in [0, 0.05) is 26.6 Å². The zero-order valence-electron chi connectivity index (χ0n) is 16.0. The van der Waals surface area contributed by atoms with Gasteiger partial charge in [0.2, 0.25) is 5.91 Å². The number of nitrogens with one attached hydrogen (secondary N) is 1. The van der Waals surface area contributed by atoms with Gasteiger partial charge in [0.25, 0.3) is 0 Å². The molecule has 1 unspecified atom stereocenters. The van der Waals surface area contributed by atoms with Crippen molar-refractivity contribution >= 4 is 11.9 Å². The van der Waals surface area contributed by atoms with Crippen LogP contribution in [-0.4, -0.2) is 41.0 Å². The summed E-state index contributed by atoms with van der Waals surface area (Å²) in [7, 11) is 0. The van der Waals surface area contributed by atoms with Gasteiger partial charge in [0.1, 0.15) is 24.2 Å². The molecule has 0 bridgehead atoms. The maximum Gasteiger partial charge on any atom is 0.320 e. The lowest BCUT2D eigenvalue weighted by Gasteiger charge is -2.26. The van der Waals surface area contributed by atoms with Crippen LogP contribution in [0, 0.1) is 5.82 Å². The first-order chi connectivity index (χ1) is 13.3. The van der Waals surface area contributed by atoms with E-state index in [-0.39, 0.29) is 11.7 Å². The van der Waals surface area contributed by atoms with Gasteiger partial charge in [-0.05, 0) is 42.3 Å². The van der Waals surface area contributed by atoms with E-state index in [0.717, 1.165) is 11.1 Å².